The molecular weight excluding hydrogens is 150 g/mol. The Kier molecular flexibility index (Phi) is 1.74. The van der Waals surface area contributed by atoms with Gasteiger partial charge in [0.2, 0.25) is 0 Å². The fourth-order valence-corrected chi connectivity index (χ4v) is 2.29. The van der Waals surface area contributed by atoms with Gasteiger partial charge in [0.1, 0.15) is 0 Å². The van der Waals surface area contributed by atoms with Crippen LogP contribution >= 0.6 is 12.4 Å². The monoisotopic (exact) mass is 163 g/mol. The van der Waals surface area contributed by atoms with Gasteiger partial charge >= 0.3 is 0 Å². The van der Waals surface area contributed by atoms with Crippen LogP contribution < -0.4 is 5.32 Å². The molecule has 2 N–H and O–H groups in total. The molecule has 3 heteroatoms. The van der Waals surface area contributed by atoms with Crippen LogP contribution in [0, 0.1) is 5.41 Å². The van der Waals surface area contributed by atoms with Gasteiger partial charge in [-0.3, -0.25) is 0 Å². The molecule has 0 amide bonds. The van der Waals surface area contributed by atoms with Crippen LogP contribution in [0.4, 0.5) is 0 Å². The van der Waals surface area contributed by atoms with Crippen molar-refractivity contribution in [3.05, 3.63) is 0 Å². The average molecular weight is 164 g/mol. The number of hydrogen-bond donors (Lipinski definition) is 2. The molecule has 0 aromatic heterocycles. The van der Waals surface area contributed by atoms with Crippen molar-refractivity contribution in [2.24, 2.45) is 5.41 Å². The van der Waals surface area contributed by atoms with E-state index in [0.717, 1.165) is 25.9 Å². The van der Waals surface area contributed by atoms with Gasteiger partial charge in [-0.1, -0.05) is 0 Å². The van der Waals surface area contributed by atoms with Crippen LogP contribution in [0.5, 0.6) is 0 Å². The molecule has 1 saturated carbocycles. The Hall–Kier alpha value is 0.210. The SMILES string of the molecule is CC1(O)CC2(CNC2)C1.Cl. The van der Waals surface area contributed by atoms with E-state index in [1.54, 1.807) is 0 Å². The van der Waals surface area contributed by atoms with E-state index >= 15 is 0 Å². The summed E-state index contributed by atoms with van der Waals surface area (Å²) in [4.78, 5) is 0. The normalized spacial score (nSPS) is 31.8. The highest BCUT2D eigenvalue weighted by molar-refractivity contribution is 5.85. The number of halogens is 1. The van der Waals surface area contributed by atoms with Crippen LogP contribution in [0.1, 0.15) is 19.8 Å². The zero-order valence-corrected chi connectivity index (χ0v) is 7.00. The van der Waals surface area contributed by atoms with Gasteiger partial charge in [0, 0.05) is 18.5 Å². The third kappa shape index (κ3) is 1.04. The summed E-state index contributed by atoms with van der Waals surface area (Å²) in [5.74, 6) is 0. The molecule has 10 heavy (non-hydrogen) atoms. The van der Waals surface area contributed by atoms with E-state index in [0.29, 0.717) is 5.41 Å². The predicted molar refractivity (Wildman–Crippen MR) is 42.4 cm³/mol. The second kappa shape index (κ2) is 2.10. The van der Waals surface area contributed by atoms with Gasteiger partial charge in [-0.25, -0.2) is 0 Å². The lowest BCUT2D eigenvalue weighted by Crippen LogP contribution is -2.65. The number of aliphatic hydroxyl groups is 1. The quantitative estimate of drug-likeness (QED) is 0.547. The zero-order valence-electron chi connectivity index (χ0n) is 6.18. The van der Waals surface area contributed by atoms with E-state index in [2.05, 4.69) is 5.32 Å². The Balaban J connectivity index is 0.000000500. The van der Waals surface area contributed by atoms with Crippen molar-refractivity contribution in [3.8, 4) is 0 Å². The molecule has 60 valence electrons. The molecule has 0 aromatic rings. The molecule has 2 rings (SSSR count). The molecule has 2 nitrogen and oxygen atoms in total. The molecule has 1 spiro atoms. The third-order valence-corrected chi connectivity index (χ3v) is 2.51. The zero-order chi connectivity index (χ0) is 6.54. The molecule has 0 atom stereocenters. The molecule has 2 fully saturated rings. The molecule has 0 unspecified atom stereocenters. The first kappa shape index (κ1) is 8.31. The third-order valence-electron chi connectivity index (χ3n) is 2.51. The van der Waals surface area contributed by atoms with E-state index < -0.39 is 0 Å². The maximum absolute atomic E-state index is 9.39. The molecule has 1 aliphatic carbocycles. The molecule has 1 heterocycles. The predicted octanol–water partition coefficient (Wildman–Crippen LogP) is 0.543. The van der Waals surface area contributed by atoms with E-state index in [1.807, 2.05) is 6.92 Å². The summed E-state index contributed by atoms with van der Waals surface area (Å²) in [5, 5.41) is 12.6. The number of nitrogens with one attached hydrogen (secondary N) is 1. The molecule has 0 radical (unpaired) electrons. The van der Waals surface area contributed by atoms with Crippen LogP contribution in [0.2, 0.25) is 0 Å². The number of rotatable bonds is 0. The second-order valence-corrected chi connectivity index (χ2v) is 3.95. The molecule has 0 bridgehead atoms. The Morgan fingerprint density at radius 1 is 1.30 bits per heavy atom. The largest absolute Gasteiger partial charge is 0.390 e. The summed E-state index contributed by atoms with van der Waals surface area (Å²) in [6.07, 6.45) is 2.01. The standard InChI is InChI=1S/C7H13NO.ClH/c1-6(9)2-7(3-6)4-8-5-7;/h8-9H,2-5H2,1H3;1H. The minimum absolute atomic E-state index is 0. The fourth-order valence-electron chi connectivity index (χ4n) is 2.29. The average Bonchev–Trinajstić information content (AvgIpc) is 1.54. The molecule has 2 aliphatic rings. The van der Waals surface area contributed by atoms with Gasteiger partial charge in [0.05, 0.1) is 5.60 Å². The molecule has 1 saturated heterocycles. The lowest BCUT2D eigenvalue weighted by molar-refractivity contribution is -0.136. The van der Waals surface area contributed by atoms with Crippen molar-refractivity contribution < 1.29 is 5.11 Å². The summed E-state index contributed by atoms with van der Waals surface area (Å²) in [7, 11) is 0. The van der Waals surface area contributed by atoms with Crippen molar-refractivity contribution in [1.82, 2.24) is 5.32 Å². The Labute approximate surface area is 67.4 Å². The lowest BCUT2D eigenvalue weighted by Gasteiger charge is -2.57. The summed E-state index contributed by atoms with van der Waals surface area (Å²) < 4.78 is 0. The highest BCUT2D eigenvalue weighted by Crippen LogP contribution is 2.50. The van der Waals surface area contributed by atoms with Crippen molar-refractivity contribution in [2.45, 2.75) is 25.4 Å². The minimum Gasteiger partial charge on any atom is -0.390 e. The Bertz CT molecular complexity index is 133. The van der Waals surface area contributed by atoms with E-state index in [-0.39, 0.29) is 18.0 Å². The first-order chi connectivity index (χ1) is 4.12. The summed E-state index contributed by atoms with van der Waals surface area (Å²) >= 11 is 0. The van der Waals surface area contributed by atoms with Crippen LogP contribution in [0.15, 0.2) is 0 Å². The molecular formula is C7H14ClNO. The van der Waals surface area contributed by atoms with Crippen LogP contribution in [-0.4, -0.2) is 23.8 Å². The van der Waals surface area contributed by atoms with E-state index in [1.165, 1.54) is 0 Å². The Morgan fingerprint density at radius 2 is 1.80 bits per heavy atom. The van der Waals surface area contributed by atoms with Crippen molar-refractivity contribution in [3.63, 3.8) is 0 Å². The van der Waals surface area contributed by atoms with Gasteiger partial charge in [0.15, 0.2) is 0 Å². The smallest absolute Gasteiger partial charge is 0.0632 e. The topological polar surface area (TPSA) is 32.3 Å². The molecule has 1 aliphatic heterocycles. The van der Waals surface area contributed by atoms with Crippen molar-refractivity contribution in [1.29, 1.82) is 0 Å². The van der Waals surface area contributed by atoms with Gasteiger partial charge < -0.3 is 10.4 Å². The van der Waals surface area contributed by atoms with E-state index in [4.69, 9.17) is 0 Å². The van der Waals surface area contributed by atoms with Crippen molar-refractivity contribution in [2.75, 3.05) is 13.1 Å². The minimum atomic E-state index is -0.331. The first-order valence-electron chi connectivity index (χ1n) is 3.55. The van der Waals surface area contributed by atoms with Gasteiger partial charge in [-0.05, 0) is 19.8 Å². The highest BCUT2D eigenvalue weighted by atomic mass is 35.5. The fraction of sp³-hybridized carbons (Fsp3) is 1.00. The first-order valence-corrected chi connectivity index (χ1v) is 3.55. The number of hydrogen-bond acceptors (Lipinski definition) is 2. The lowest BCUT2D eigenvalue weighted by atomic mass is 9.57. The summed E-state index contributed by atoms with van der Waals surface area (Å²) in [6.45, 7) is 4.18. The second-order valence-electron chi connectivity index (χ2n) is 3.95. The highest BCUT2D eigenvalue weighted by Gasteiger charge is 2.53. The Morgan fingerprint density at radius 3 is 1.90 bits per heavy atom. The van der Waals surface area contributed by atoms with Gasteiger partial charge in [-0.15, -0.1) is 12.4 Å². The maximum atomic E-state index is 9.39. The summed E-state index contributed by atoms with van der Waals surface area (Å²) in [5.41, 5.74) is 0.186. The van der Waals surface area contributed by atoms with Crippen LogP contribution in [0.25, 0.3) is 0 Å². The van der Waals surface area contributed by atoms with Crippen LogP contribution in [-0.2, 0) is 0 Å². The molecule has 0 aromatic carbocycles. The summed E-state index contributed by atoms with van der Waals surface area (Å²) in [6, 6.07) is 0. The van der Waals surface area contributed by atoms with Gasteiger partial charge in [0.25, 0.3) is 0 Å². The van der Waals surface area contributed by atoms with Crippen molar-refractivity contribution >= 4 is 12.4 Å². The van der Waals surface area contributed by atoms with E-state index in [9.17, 15) is 5.11 Å². The van der Waals surface area contributed by atoms with Gasteiger partial charge in [-0.2, -0.15) is 0 Å². The van der Waals surface area contributed by atoms with Crippen LogP contribution in [0.3, 0.4) is 0 Å². The maximum Gasteiger partial charge on any atom is 0.0632 e.